The van der Waals surface area contributed by atoms with Gasteiger partial charge in [-0.05, 0) is 36.8 Å². The number of hydrogen-bond acceptors (Lipinski definition) is 1. The quantitative estimate of drug-likeness (QED) is 0.728. The van der Waals surface area contributed by atoms with Crippen LogP contribution >= 0.6 is 11.6 Å². The zero-order valence-corrected chi connectivity index (χ0v) is 11.2. The minimum atomic E-state index is -0.171. The molecule has 1 aromatic carbocycles. The highest BCUT2D eigenvalue weighted by Gasteiger charge is 2.09. The Morgan fingerprint density at radius 3 is 2.22 bits per heavy atom. The molecule has 0 saturated heterocycles. The number of nitrogens with one attached hydrogen (secondary N) is 1. The zero-order valence-electron chi connectivity index (χ0n) is 9.73. The van der Waals surface area contributed by atoms with Gasteiger partial charge in [-0.25, -0.2) is 0 Å². The highest BCUT2D eigenvalue weighted by molar-refractivity contribution is 6.30. The molecule has 0 atom stereocenters. The third-order valence-electron chi connectivity index (χ3n) is 2.33. The molecule has 0 saturated carbocycles. The summed E-state index contributed by atoms with van der Waals surface area (Å²) in [6.07, 6.45) is 3.59. The fraction of sp³-hybridized carbons (Fsp3) is 0.0769. The largest absolute Gasteiger partial charge is 1.00 e. The first-order chi connectivity index (χ1) is 8.15. The van der Waals surface area contributed by atoms with Gasteiger partial charge in [0.2, 0.25) is 0 Å². The monoisotopic (exact) mass is 282 g/mol. The van der Waals surface area contributed by atoms with Crippen molar-refractivity contribution in [1.29, 1.82) is 0 Å². The molecule has 0 aliphatic heterocycles. The maximum atomic E-state index is 11.8. The molecular formula is C13H12Cl2N2O. The fourth-order valence-corrected chi connectivity index (χ4v) is 1.48. The number of hydrogen-bond donors (Lipinski definition) is 1. The molecule has 94 valence electrons. The van der Waals surface area contributed by atoms with Gasteiger partial charge in [0.1, 0.15) is 0 Å². The number of carbonyl (C=O) groups is 1. The van der Waals surface area contributed by atoms with E-state index >= 15 is 0 Å². The molecule has 1 amide bonds. The number of rotatable bonds is 2. The molecule has 0 aliphatic rings. The van der Waals surface area contributed by atoms with E-state index in [-0.39, 0.29) is 18.3 Å². The van der Waals surface area contributed by atoms with Crippen LogP contribution in [0.5, 0.6) is 0 Å². The SMILES string of the molecule is Cc1cc[n+](NC(=O)c2ccc(Cl)cc2)cc1.[Cl-]. The van der Waals surface area contributed by atoms with Crippen molar-refractivity contribution >= 4 is 17.5 Å². The number of nitrogens with zero attached hydrogens (tertiary/aromatic N) is 1. The summed E-state index contributed by atoms with van der Waals surface area (Å²) < 4.78 is 1.62. The first kappa shape index (κ1) is 14.5. The van der Waals surface area contributed by atoms with E-state index in [0.717, 1.165) is 5.56 Å². The van der Waals surface area contributed by atoms with Crippen molar-refractivity contribution in [3.8, 4) is 0 Å². The Labute approximate surface area is 117 Å². The smallest absolute Gasteiger partial charge is 0.305 e. The molecular weight excluding hydrogens is 271 g/mol. The average molecular weight is 283 g/mol. The highest BCUT2D eigenvalue weighted by atomic mass is 35.5. The predicted octanol–water partition coefficient (Wildman–Crippen LogP) is -0.676. The summed E-state index contributed by atoms with van der Waals surface area (Å²) in [6, 6.07) is 10.6. The maximum absolute atomic E-state index is 11.8. The maximum Gasteiger partial charge on any atom is 0.305 e. The zero-order chi connectivity index (χ0) is 12.3. The van der Waals surface area contributed by atoms with Crippen LogP contribution in [-0.4, -0.2) is 5.91 Å². The van der Waals surface area contributed by atoms with Gasteiger partial charge < -0.3 is 12.4 Å². The second-order valence-electron chi connectivity index (χ2n) is 3.73. The van der Waals surface area contributed by atoms with E-state index in [9.17, 15) is 4.79 Å². The Hall–Kier alpha value is -1.58. The number of amides is 1. The predicted molar refractivity (Wildman–Crippen MR) is 66.5 cm³/mol. The van der Waals surface area contributed by atoms with Crippen molar-refractivity contribution in [2.24, 2.45) is 0 Å². The molecule has 0 spiro atoms. The van der Waals surface area contributed by atoms with Crippen LogP contribution in [0.2, 0.25) is 5.02 Å². The molecule has 3 nitrogen and oxygen atoms in total. The Balaban J connectivity index is 0.00000162. The average Bonchev–Trinajstić information content (AvgIpc) is 2.33. The Kier molecular flexibility index (Phi) is 5.13. The van der Waals surface area contributed by atoms with Crippen LogP contribution in [-0.2, 0) is 0 Å². The fourth-order valence-electron chi connectivity index (χ4n) is 1.36. The summed E-state index contributed by atoms with van der Waals surface area (Å²) in [5, 5.41) is 0.615. The van der Waals surface area contributed by atoms with Crippen molar-refractivity contribution in [3.63, 3.8) is 0 Å². The molecule has 2 rings (SSSR count). The first-order valence-electron chi connectivity index (χ1n) is 5.20. The molecule has 5 heteroatoms. The van der Waals surface area contributed by atoms with Gasteiger partial charge in [0.05, 0.1) is 0 Å². The van der Waals surface area contributed by atoms with Gasteiger partial charge in [-0.3, -0.25) is 4.79 Å². The number of carbonyl (C=O) groups excluding carboxylic acids is 1. The number of pyridine rings is 1. The van der Waals surface area contributed by atoms with Crippen LogP contribution in [0.15, 0.2) is 48.8 Å². The summed E-state index contributed by atoms with van der Waals surface area (Å²) in [5.74, 6) is -0.171. The summed E-state index contributed by atoms with van der Waals surface area (Å²) in [7, 11) is 0. The van der Waals surface area contributed by atoms with E-state index in [4.69, 9.17) is 11.6 Å². The van der Waals surface area contributed by atoms with E-state index < -0.39 is 0 Å². The highest BCUT2D eigenvalue weighted by Crippen LogP contribution is 2.09. The summed E-state index contributed by atoms with van der Waals surface area (Å²) in [6.45, 7) is 1.99. The minimum absolute atomic E-state index is 0. The Morgan fingerprint density at radius 2 is 1.67 bits per heavy atom. The van der Waals surface area contributed by atoms with Crippen molar-refractivity contribution in [2.75, 3.05) is 5.43 Å². The molecule has 0 bridgehead atoms. The van der Waals surface area contributed by atoms with Gasteiger partial charge in [0.25, 0.3) is 0 Å². The van der Waals surface area contributed by atoms with E-state index in [1.807, 2.05) is 19.1 Å². The van der Waals surface area contributed by atoms with Gasteiger partial charge in [0, 0.05) is 22.7 Å². The summed E-state index contributed by atoms with van der Waals surface area (Å²) >= 11 is 5.76. The van der Waals surface area contributed by atoms with Crippen LogP contribution in [0.1, 0.15) is 15.9 Å². The number of aromatic nitrogens is 1. The lowest BCUT2D eigenvalue weighted by Gasteiger charge is -2.00. The van der Waals surface area contributed by atoms with Gasteiger partial charge in [-0.15, -0.1) is 5.43 Å². The van der Waals surface area contributed by atoms with Crippen molar-refractivity contribution in [2.45, 2.75) is 6.92 Å². The van der Waals surface area contributed by atoms with Crippen molar-refractivity contribution < 1.29 is 21.9 Å². The van der Waals surface area contributed by atoms with E-state index in [2.05, 4.69) is 5.43 Å². The molecule has 2 aromatic rings. The normalized spacial score (nSPS) is 9.44. The third kappa shape index (κ3) is 3.72. The van der Waals surface area contributed by atoms with E-state index in [0.29, 0.717) is 10.6 Å². The Morgan fingerprint density at radius 1 is 1.11 bits per heavy atom. The third-order valence-corrected chi connectivity index (χ3v) is 2.59. The lowest BCUT2D eigenvalue weighted by molar-refractivity contribution is -0.641. The number of benzene rings is 1. The van der Waals surface area contributed by atoms with Gasteiger partial charge >= 0.3 is 5.91 Å². The minimum Gasteiger partial charge on any atom is -1.00 e. The van der Waals surface area contributed by atoms with Gasteiger partial charge in [-0.2, -0.15) is 0 Å². The second-order valence-corrected chi connectivity index (χ2v) is 4.17. The number of aryl methyl sites for hydroxylation is 1. The lowest BCUT2D eigenvalue weighted by atomic mass is 10.2. The second kappa shape index (κ2) is 6.38. The standard InChI is InChI=1S/C13H11ClN2O.ClH/c1-10-6-8-16(9-7-10)15-13(17)11-2-4-12(14)5-3-11;/h2-9H,1H3;1H. The van der Waals surface area contributed by atoms with Crippen LogP contribution in [0.3, 0.4) is 0 Å². The van der Waals surface area contributed by atoms with Crippen molar-refractivity contribution in [3.05, 3.63) is 64.9 Å². The molecule has 1 heterocycles. The molecule has 0 unspecified atom stereocenters. The topological polar surface area (TPSA) is 33.0 Å². The van der Waals surface area contributed by atoms with E-state index in [1.165, 1.54) is 0 Å². The van der Waals surface area contributed by atoms with Gasteiger partial charge in [-0.1, -0.05) is 16.3 Å². The summed E-state index contributed by atoms with van der Waals surface area (Å²) in [4.78, 5) is 11.8. The van der Waals surface area contributed by atoms with Crippen LogP contribution in [0.25, 0.3) is 0 Å². The van der Waals surface area contributed by atoms with Crippen LogP contribution < -0.4 is 22.5 Å². The summed E-state index contributed by atoms with van der Waals surface area (Å²) in [5.41, 5.74) is 4.45. The first-order valence-corrected chi connectivity index (χ1v) is 5.58. The van der Waals surface area contributed by atoms with Crippen LogP contribution in [0, 0.1) is 6.92 Å². The number of halogens is 2. The Bertz CT molecular complexity index is 524. The molecule has 1 N–H and O–H groups in total. The molecule has 0 radical (unpaired) electrons. The van der Waals surface area contributed by atoms with Crippen LogP contribution in [0.4, 0.5) is 0 Å². The van der Waals surface area contributed by atoms with Gasteiger partial charge in [0.15, 0.2) is 12.4 Å². The lowest BCUT2D eigenvalue weighted by Crippen LogP contribution is -3.00. The van der Waals surface area contributed by atoms with E-state index in [1.54, 1.807) is 41.3 Å². The molecule has 0 fully saturated rings. The van der Waals surface area contributed by atoms with Crippen molar-refractivity contribution in [1.82, 2.24) is 0 Å². The molecule has 18 heavy (non-hydrogen) atoms. The molecule has 1 aromatic heterocycles. The molecule has 0 aliphatic carbocycles.